The Balaban J connectivity index is 2.28. The van der Waals surface area contributed by atoms with Gasteiger partial charge in [-0.2, -0.15) is 0 Å². The average molecular weight is 288 g/mol. The molecule has 21 heavy (non-hydrogen) atoms. The molecule has 0 spiro atoms. The first-order chi connectivity index (χ1) is 9.85. The summed E-state index contributed by atoms with van der Waals surface area (Å²) >= 11 is 0. The third-order valence-electron chi connectivity index (χ3n) is 4.34. The summed E-state index contributed by atoms with van der Waals surface area (Å²) in [5.74, 6) is -0.0458. The fraction of sp³-hybridized carbons (Fsp3) is 0.529. The summed E-state index contributed by atoms with van der Waals surface area (Å²) in [5, 5.41) is 2.88. The van der Waals surface area contributed by atoms with Gasteiger partial charge in [-0.25, -0.2) is 0 Å². The molecule has 2 atom stereocenters. The van der Waals surface area contributed by atoms with E-state index in [1.807, 2.05) is 56.9 Å². The van der Waals surface area contributed by atoms with Gasteiger partial charge in [0.1, 0.15) is 5.54 Å². The van der Waals surface area contributed by atoms with Crippen molar-refractivity contribution in [2.75, 3.05) is 0 Å². The van der Waals surface area contributed by atoms with Crippen molar-refractivity contribution in [1.82, 2.24) is 10.2 Å². The Bertz CT molecular complexity index is 538. The second-order valence-electron chi connectivity index (χ2n) is 6.21. The van der Waals surface area contributed by atoms with Gasteiger partial charge in [-0.3, -0.25) is 9.59 Å². The van der Waals surface area contributed by atoms with Crippen LogP contribution < -0.4 is 5.32 Å². The molecule has 0 aromatic heterocycles. The first-order valence-corrected chi connectivity index (χ1v) is 7.53. The number of nitrogens with zero attached hydrogens (tertiary/aromatic N) is 1. The molecule has 1 heterocycles. The number of rotatable bonds is 3. The predicted molar refractivity (Wildman–Crippen MR) is 82.6 cm³/mol. The maximum atomic E-state index is 12.8. The van der Waals surface area contributed by atoms with E-state index in [1.54, 1.807) is 0 Å². The third-order valence-corrected chi connectivity index (χ3v) is 4.34. The fourth-order valence-electron chi connectivity index (χ4n) is 2.67. The molecule has 4 heteroatoms. The van der Waals surface area contributed by atoms with Crippen molar-refractivity contribution in [3.63, 3.8) is 0 Å². The standard InChI is InChI=1S/C17H24N2O2/c1-5-17(4)16(21)19(13(3)10-15(20)18-17)11-14-8-6-12(2)7-9-14/h6-9,13H,5,10-11H2,1-4H3,(H,18,20). The number of hydrogen-bond acceptors (Lipinski definition) is 2. The van der Waals surface area contributed by atoms with E-state index in [9.17, 15) is 9.59 Å². The highest BCUT2D eigenvalue weighted by atomic mass is 16.2. The Hall–Kier alpha value is -1.84. The van der Waals surface area contributed by atoms with Crippen molar-refractivity contribution in [3.8, 4) is 0 Å². The van der Waals surface area contributed by atoms with Gasteiger partial charge in [0, 0.05) is 19.0 Å². The van der Waals surface area contributed by atoms with Crippen LogP contribution in [0, 0.1) is 6.92 Å². The zero-order chi connectivity index (χ0) is 15.6. The smallest absolute Gasteiger partial charge is 0.248 e. The molecule has 0 saturated carbocycles. The molecule has 4 nitrogen and oxygen atoms in total. The van der Waals surface area contributed by atoms with Gasteiger partial charge < -0.3 is 10.2 Å². The van der Waals surface area contributed by atoms with E-state index in [-0.39, 0.29) is 17.9 Å². The van der Waals surface area contributed by atoms with E-state index < -0.39 is 5.54 Å². The Morgan fingerprint density at radius 2 is 1.90 bits per heavy atom. The van der Waals surface area contributed by atoms with Crippen LogP contribution in [0.3, 0.4) is 0 Å². The molecule has 1 N–H and O–H groups in total. The summed E-state index contributed by atoms with van der Waals surface area (Å²) in [4.78, 5) is 26.6. The highest BCUT2D eigenvalue weighted by Gasteiger charge is 2.41. The lowest BCUT2D eigenvalue weighted by Gasteiger charge is -2.33. The summed E-state index contributed by atoms with van der Waals surface area (Å²) in [7, 11) is 0. The van der Waals surface area contributed by atoms with Crippen molar-refractivity contribution < 1.29 is 9.59 Å². The van der Waals surface area contributed by atoms with Gasteiger partial charge in [0.2, 0.25) is 11.8 Å². The van der Waals surface area contributed by atoms with Crippen molar-refractivity contribution in [2.45, 2.75) is 58.7 Å². The van der Waals surface area contributed by atoms with E-state index in [1.165, 1.54) is 5.56 Å². The van der Waals surface area contributed by atoms with Crippen LogP contribution in [0.5, 0.6) is 0 Å². The molecule has 1 aromatic rings. The average Bonchev–Trinajstić information content (AvgIpc) is 2.52. The Morgan fingerprint density at radius 1 is 1.29 bits per heavy atom. The van der Waals surface area contributed by atoms with Crippen molar-refractivity contribution in [3.05, 3.63) is 35.4 Å². The maximum absolute atomic E-state index is 12.8. The quantitative estimate of drug-likeness (QED) is 0.928. The molecule has 2 unspecified atom stereocenters. The first kappa shape index (κ1) is 15.5. The number of aryl methyl sites for hydroxylation is 1. The predicted octanol–water partition coefficient (Wildman–Crippen LogP) is 2.40. The lowest BCUT2D eigenvalue weighted by molar-refractivity contribution is -0.140. The topological polar surface area (TPSA) is 49.4 Å². The molecule has 1 aromatic carbocycles. The SMILES string of the molecule is CCC1(C)NC(=O)CC(C)N(Cc2ccc(C)cc2)C1=O. The van der Waals surface area contributed by atoms with E-state index in [4.69, 9.17) is 0 Å². The molecule has 1 saturated heterocycles. The van der Waals surface area contributed by atoms with E-state index in [2.05, 4.69) is 5.32 Å². The van der Waals surface area contributed by atoms with Crippen LogP contribution in [-0.4, -0.2) is 28.3 Å². The molecular weight excluding hydrogens is 264 g/mol. The van der Waals surface area contributed by atoms with Crippen LogP contribution in [0.4, 0.5) is 0 Å². The Kier molecular flexibility index (Phi) is 4.35. The molecular formula is C17H24N2O2. The Morgan fingerprint density at radius 3 is 2.48 bits per heavy atom. The number of carbonyl (C=O) groups excluding carboxylic acids is 2. The normalized spacial score (nSPS) is 26.5. The van der Waals surface area contributed by atoms with Crippen molar-refractivity contribution in [2.24, 2.45) is 0 Å². The highest BCUT2D eigenvalue weighted by Crippen LogP contribution is 2.23. The minimum atomic E-state index is -0.799. The second-order valence-corrected chi connectivity index (χ2v) is 6.21. The number of hydrogen-bond donors (Lipinski definition) is 1. The number of amides is 2. The van der Waals surface area contributed by atoms with Crippen LogP contribution in [-0.2, 0) is 16.1 Å². The molecule has 0 bridgehead atoms. The lowest BCUT2D eigenvalue weighted by Crippen LogP contribution is -2.55. The van der Waals surface area contributed by atoms with Gasteiger partial charge in [-0.1, -0.05) is 36.8 Å². The second kappa shape index (κ2) is 5.88. The minimum Gasteiger partial charge on any atom is -0.342 e. The van der Waals surface area contributed by atoms with Crippen LogP contribution in [0.2, 0.25) is 0 Å². The minimum absolute atomic E-state index is 0.00363. The van der Waals surface area contributed by atoms with Crippen molar-refractivity contribution >= 4 is 11.8 Å². The molecule has 1 fully saturated rings. The molecule has 2 rings (SSSR count). The maximum Gasteiger partial charge on any atom is 0.248 e. The molecule has 1 aliphatic rings. The van der Waals surface area contributed by atoms with Gasteiger partial charge >= 0.3 is 0 Å². The van der Waals surface area contributed by atoms with Gasteiger partial charge in [-0.15, -0.1) is 0 Å². The van der Waals surface area contributed by atoms with E-state index in [0.29, 0.717) is 19.4 Å². The summed E-state index contributed by atoms with van der Waals surface area (Å²) < 4.78 is 0. The van der Waals surface area contributed by atoms with Crippen LogP contribution in [0.25, 0.3) is 0 Å². The molecule has 2 amide bonds. The number of carbonyl (C=O) groups is 2. The first-order valence-electron chi connectivity index (χ1n) is 7.53. The zero-order valence-corrected chi connectivity index (χ0v) is 13.3. The number of nitrogens with one attached hydrogen (secondary N) is 1. The number of benzene rings is 1. The van der Waals surface area contributed by atoms with Gasteiger partial charge in [0.05, 0.1) is 0 Å². The molecule has 0 aliphatic carbocycles. The van der Waals surface area contributed by atoms with E-state index in [0.717, 1.165) is 5.56 Å². The van der Waals surface area contributed by atoms with Gasteiger partial charge in [0.25, 0.3) is 0 Å². The summed E-state index contributed by atoms with van der Waals surface area (Å²) in [6, 6.07) is 8.08. The van der Waals surface area contributed by atoms with Crippen LogP contribution in [0.15, 0.2) is 24.3 Å². The van der Waals surface area contributed by atoms with Crippen LogP contribution in [0.1, 0.15) is 44.7 Å². The third kappa shape index (κ3) is 3.26. The highest BCUT2D eigenvalue weighted by molar-refractivity contribution is 5.93. The van der Waals surface area contributed by atoms with Gasteiger partial charge in [0.15, 0.2) is 0 Å². The fourth-order valence-corrected chi connectivity index (χ4v) is 2.67. The lowest BCUT2D eigenvalue weighted by atomic mass is 9.96. The monoisotopic (exact) mass is 288 g/mol. The molecule has 0 radical (unpaired) electrons. The van der Waals surface area contributed by atoms with Crippen molar-refractivity contribution in [1.29, 1.82) is 0 Å². The van der Waals surface area contributed by atoms with E-state index >= 15 is 0 Å². The summed E-state index contributed by atoms with van der Waals surface area (Å²) in [6.45, 7) is 8.27. The zero-order valence-electron chi connectivity index (χ0n) is 13.3. The molecule has 1 aliphatic heterocycles. The largest absolute Gasteiger partial charge is 0.342 e. The summed E-state index contributed by atoms with van der Waals surface area (Å²) in [5.41, 5.74) is 1.49. The molecule has 114 valence electrons. The Labute approximate surface area is 126 Å². The van der Waals surface area contributed by atoms with Gasteiger partial charge in [-0.05, 0) is 32.8 Å². The summed E-state index contributed by atoms with van der Waals surface area (Å²) in [6.07, 6.45) is 0.946. The van der Waals surface area contributed by atoms with Crippen LogP contribution >= 0.6 is 0 Å².